The summed E-state index contributed by atoms with van der Waals surface area (Å²) in [6.07, 6.45) is 1.44. The van der Waals surface area contributed by atoms with E-state index in [2.05, 4.69) is 57.3 Å². The van der Waals surface area contributed by atoms with Crippen LogP contribution in [0.4, 0.5) is 5.69 Å². The average Bonchev–Trinajstić information content (AvgIpc) is 3.09. The van der Waals surface area contributed by atoms with Gasteiger partial charge in [0.2, 0.25) is 0 Å². The third-order valence-electron chi connectivity index (χ3n) is 4.31. The summed E-state index contributed by atoms with van der Waals surface area (Å²) in [5, 5.41) is 6.17. The fourth-order valence-electron chi connectivity index (χ4n) is 3.01. The van der Waals surface area contributed by atoms with Crippen molar-refractivity contribution in [2.75, 3.05) is 38.1 Å². The largest absolute Gasteiger partial charge is 0.368 e. The van der Waals surface area contributed by atoms with Crippen LogP contribution in [0.25, 0.3) is 22.2 Å². The lowest BCUT2D eigenvalue weighted by molar-refractivity contribution is 0.313. The first-order valence-electron chi connectivity index (χ1n) is 7.54. The molecule has 0 saturated carbocycles. The molecule has 1 saturated heterocycles. The van der Waals surface area contributed by atoms with Gasteiger partial charge >= 0.3 is 0 Å². The second-order valence-electron chi connectivity index (χ2n) is 5.75. The Balaban J connectivity index is 1.79. The lowest BCUT2D eigenvalue weighted by Gasteiger charge is -2.34. The van der Waals surface area contributed by atoms with Crippen LogP contribution in [-0.2, 0) is 0 Å². The number of rotatable bonds is 2. The average molecular weight is 294 g/mol. The van der Waals surface area contributed by atoms with Gasteiger partial charge in [-0.2, -0.15) is 4.98 Å². The minimum atomic E-state index is 0.565. The monoisotopic (exact) mass is 294 g/mol. The van der Waals surface area contributed by atoms with Gasteiger partial charge < -0.3 is 14.3 Å². The molecule has 3 aromatic rings. The van der Waals surface area contributed by atoms with Crippen molar-refractivity contribution in [1.29, 1.82) is 0 Å². The molecule has 2 heterocycles. The van der Waals surface area contributed by atoms with Crippen molar-refractivity contribution in [2.45, 2.75) is 0 Å². The zero-order valence-electron chi connectivity index (χ0n) is 12.6. The summed E-state index contributed by atoms with van der Waals surface area (Å²) in [6, 6.07) is 12.8. The lowest BCUT2D eigenvalue weighted by atomic mass is 10.0. The molecule has 0 atom stereocenters. The predicted molar refractivity (Wildman–Crippen MR) is 87.0 cm³/mol. The molecule has 1 aliphatic heterocycles. The number of nitrogens with zero attached hydrogens (tertiary/aromatic N) is 4. The Morgan fingerprint density at radius 3 is 2.68 bits per heavy atom. The molecule has 0 unspecified atom stereocenters. The van der Waals surface area contributed by atoms with Crippen LogP contribution in [0.15, 0.2) is 47.2 Å². The molecule has 0 N–H and O–H groups in total. The van der Waals surface area contributed by atoms with E-state index < -0.39 is 0 Å². The summed E-state index contributed by atoms with van der Waals surface area (Å²) in [4.78, 5) is 8.97. The topological polar surface area (TPSA) is 45.4 Å². The highest BCUT2D eigenvalue weighted by molar-refractivity contribution is 5.96. The summed E-state index contributed by atoms with van der Waals surface area (Å²) in [6.45, 7) is 4.31. The predicted octanol–water partition coefficient (Wildman–Crippen LogP) is 2.64. The first-order valence-corrected chi connectivity index (χ1v) is 7.54. The summed E-state index contributed by atoms with van der Waals surface area (Å²) in [5.74, 6) is 0.565. The van der Waals surface area contributed by atoms with Crippen molar-refractivity contribution < 1.29 is 4.52 Å². The Morgan fingerprint density at radius 1 is 1.05 bits per heavy atom. The van der Waals surface area contributed by atoms with Gasteiger partial charge in [-0.05, 0) is 30.6 Å². The van der Waals surface area contributed by atoms with Crippen LogP contribution >= 0.6 is 0 Å². The highest BCUT2D eigenvalue weighted by Gasteiger charge is 2.16. The maximum absolute atomic E-state index is 5.19. The van der Waals surface area contributed by atoms with E-state index in [1.54, 1.807) is 0 Å². The van der Waals surface area contributed by atoms with Crippen LogP contribution in [0, 0.1) is 0 Å². The normalized spacial score (nSPS) is 16.3. The summed E-state index contributed by atoms with van der Waals surface area (Å²) in [5.41, 5.74) is 2.25. The number of likely N-dealkylation sites (N-methyl/N-ethyl adjacent to an activating group) is 1. The maximum Gasteiger partial charge on any atom is 0.257 e. The molecule has 1 aromatic heterocycles. The molecule has 0 bridgehead atoms. The molecule has 1 fully saturated rings. The number of piperazine rings is 1. The van der Waals surface area contributed by atoms with Crippen molar-refractivity contribution >= 4 is 16.5 Å². The SMILES string of the molecule is CN1CCN(c2cccc3ccc(-c4ncno4)cc23)CC1. The van der Waals surface area contributed by atoms with E-state index in [9.17, 15) is 0 Å². The second-order valence-corrected chi connectivity index (χ2v) is 5.75. The minimum Gasteiger partial charge on any atom is -0.368 e. The number of aromatic nitrogens is 2. The smallest absolute Gasteiger partial charge is 0.257 e. The van der Waals surface area contributed by atoms with Gasteiger partial charge in [0.1, 0.15) is 0 Å². The Morgan fingerprint density at radius 2 is 1.91 bits per heavy atom. The lowest BCUT2D eigenvalue weighted by Crippen LogP contribution is -2.44. The first kappa shape index (κ1) is 13.3. The fraction of sp³-hybridized carbons (Fsp3) is 0.294. The van der Waals surface area contributed by atoms with Crippen molar-refractivity contribution in [1.82, 2.24) is 15.0 Å². The summed E-state index contributed by atoms with van der Waals surface area (Å²) < 4.78 is 5.19. The molecule has 5 nitrogen and oxygen atoms in total. The van der Waals surface area contributed by atoms with Crippen LogP contribution < -0.4 is 4.90 Å². The molecule has 1 aliphatic rings. The molecule has 4 rings (SSSR count). The van der Waals surface area contributed by atoms with Crippen LogP contribution in [0.5, 0.6) is 0 Å². The minimum absolute atomic E-state index is 0.565. The Hall–Kier alpha value is -2.40. The first-order chi connectivity index (χ1) is 10.8. The Labute approximate surface area is 129 Å². The molecule has 0 aliphatic carbocycles. The van der Waals surface area contributed by atoms with Crippen LogP contribution in [0.2, 0.25) is 0 Å². The zero-order valence-corrected chi connectivity index (χ0v) is 12.6. The molecule has 0 radical (unpaired) electrons. The highest BCUT2D eigenvalue weighted by Crippen LogP contribution is 2.31. The molecular formula is C17H18N4O. The maximum atomic E-state index is 5.19. The van der Waals surface area contributed by atoms with E-state index in [-0.39, 0.29) is 0 Å². The van der Waals surface area contributed by atoms with Crippen LogP contribution in [-0.4, -0.2) is 48.3 Å². The van der Waals surface area contributed by atoms with E-state index in [0.29, 0.717) is 5.89 Å². The van der Waals surface area contributed by atoms with Gasteiger partial charge in [0, 0.05) is 42.8 Å². The number of hydrogen-bond acceptors (Lipinski definition) is 5. The van der Waals surface area contributed by atoms with E-state index in [4.69, 9.17) is 4.52 Å². The van der Waals surface area contributed by atoms with E-state index >= 15 is 0 Å². The highest BCUT2D eigenvalue weighted by atomic mass is 16.5. The van der Waals surface area contributed by atoms with Crippen LogP contribution in [0.3, 0.4) is 0 Å². The number of hydrogen-bond donors (Lipinski definition) is 0. The third-order valence-corrected chi connectivity index (χ3v) is 4.31. The van der Waals surface area contributed by atoms with Gasteiger partial charge in [-0.3, -0.25) is 0 Å². The van der Waals surface area contributed by atoms with Crippen molar-refractivity contribution in [2.24, 2.45) is 0 Å². The fourth-order valence-corrected chi connectivity index (χ4v) is 3.01. The van der Waals surface area contributed by atoms with Gasteiger partial charge in [0.25, 0.3) is 5.89 Å². The van der Waals surface area contributed by atoms with Gasteiger partial charge in [-0.15, -0.1) is 0 Å². The zero-order chi connectivity index (χ0) is 14.9. The van der Waals surface area contributed by atoms with E-state index in [1.807, 2.05) is 6.07 Å². The Bertz CT molecular complexity index is 776. The van der Waals surface area contributed by atoms with Gasteiger partial charge in [-0.1, -0.05) is 23.4 Å². The molecule has 0 amide bonds. The molecular weight excluding hydrogens is 276 g/mol. The Kier molecular flexibility index (Phi) is 3.27. The van der Waals surface area contributed by atoms with Gasteiger partial charge in [0.15, 0.2) is 6.33 Å². The number of fused-ring (bicyclic) bond motifs is 1. The van der Waals surface area contributed by atoms with Gasteiger partial charge in [-0.25, -0.2) is 0 Å². The summed E-state index contributed by atoms with van der Waals surface area (Å²) >= 11 is 0. The van der Waals surface area contributed by atoms with E-state index in [0.717, 1.165) is 31.7 Å². The molecule has 112 valence electrons. The molecule has 2 aromatic carbocycles. The standard InChI is InChI=1S/C17H18N4O/c1-20-7-9-21(10-8-20)16-4-2-3-13-5-6-14(11-15(13)16)17-18-12-19-22-17/h2-6,11-12H,7-10H2,1H3. The van der Waals surface area contributed by atoms with E-state index in [1.165, 1.54) is 22.8 Å². The molecule has 0 spiro atoms. The number of benzene rings is 2. The summed E-state index contributed by atoms with van der Waals surface area (Å²) in [7, 11) is 2.17. The number of anilines is 1. The molecule has 22 heavy (non-hydrogen) atoms. The molecule has 5 heteroatoms. The second kappa shape index (κ2) is 5.42. The quantitative estimate of drug-likeness (QED) is 0.727. The van der Waals surface area contributed by atoms with Gasteiger partial charge in [0.05, 0.1) is 0 Å². The van der Waals surface area contributed by atoms with Crippen molar-refractivity contribution in [3.8, 4) is 11.5 Å². The third kappa shape index (κ3) is 2.33. The van der Waals surface area contributed by atoms with Crippen LogP contribution in [0.1, 0.15) is 0 Å². The van der Waals surface area contributed by atoms with Crippen molar-refractivity contribution in [3.05, 3.63) is 42.7 Å². The van der Waals surface area contributed by atoms with Crippen molar-refractivity contribution in [3.63, 3.8) is 0 Å².